The van der Waals surface area contributed by atoms with Gasteiger partial charge in [-0.1, -0.05) is 91.5 Å². The van der Waals surface area contributed by atoms with Gasteiger partial charge >= 0.3 is 0 Å². The Balaban J connectivity index is 0.646. The van der Waals surface area contributed by atoms with Crippen molar-refractivity contribution in [1.82, 2.24) is 59.8 Å². The highest BCUT2D eigenvalue weighted by Gasteiger charge is 2.36. The summed E-state index contributed by atoms with van der Waals surface area (Å²) in [5.74, 6) is 0.217. The molecule has 4 amide bonds. The molecule has 1 unspecified atom stereocenters. The molecule has 4 aromatic heterocycles. The molecule has 2 aromatic carbocycles. The van der Waals surface area contributed by atoms with Gasteiger partial charge in [0.25, 0.3) is 5.56 Å². The van der Waals surface area contributed by atoms with Gasteiger partial charge in [-0.3, -0.25) is 37.9 Å². The number of fused-ring (bicyclic) bond motifs is 4. The summed E-state index contributed by atoms with van der Waals surface area (Å²) in [7, 11) is 1.77. The number of benzene rings is 2. The number of aliphatic hydroxyl groups excluding tert-OH is 1. The van der Waals surface area contributed by atoms with E-state index in [2.05, 4.69) is 50.1 Å². The summed E-state index contributed by atoms with van der Waals surface area (Å²) in [6.07, 6.45) is 18.1. The van der Waals surface area contributed by atoms with E-state index in [4.69, 9.17) is 28.3 Å². The van der Waals surface area contributed by atoms with Crippen molar-refractivity contribution in [3.05, 3.63) is 110 Å². The number of aromatic amines is 1. The molecule has 21 heteroatoms. The lowest BCUT2D eigenvalue weighted by atomic mass is 9.85. The first-order chi connectivity index (χ1) is 37.2. The van der Waals surface area contributed by atoms with E-state index in [0.29, 0.717) is 123 Å². The van der Waals surface area contributed by atoms with Gasteiger partial charge in [0.05, 0.1) is 58.5 Å². The molecule has 6 N–H and O–H groups in total. The number of hydrogen-bond acceptors (Lipinski definition) is 11. The third kappa shape index (κ3) is 13.0. The molecule has 19 nitrogen and oxygen atoms in total. The first-order valence-electron chi connectivity index (χ1n) is 26.7. The van der Waals surface area contributed by atoms with Crippen molar-refractivity contribution in [2.75, 3.05) is 45.9 Å². The van der Waals surface area contributed by atoms with Gasteiger partial charge in [-0.25, -0.2) is 4.98 Å². The van der Waals surface area contributed by atoms with E-state index in [1.165, 1.54) is 10.9 Å². The van der Waals surface area contributed by atoms with Crippen molar-refractivity contribution in [2.45, 2.75) is 103 Å². The number of unbranched alkanes of at least 4 members (excludes halogenated alkanes) is 3. The van der Waals surface area contributed by atoms with Crippen LogP contribution in [0.15, 0.2) is 78.0 Å². The van der Waals surface area contributed by atoms with Gasteiger partial charge in [0.15, 0.2) is 5.52 Å². The Morgan fingerprint density at radius 1 is 0.922 bits per heavy atom. The van der Waals surface area contributed by atoms with E-state index >= 15 is 0 Å². The number of hydrogen-bond donors (Lipinski definition) is 6. The van der Waals surface area contributed by atoms with Gasteiger partial charge in [-0.15, -0.1) is 0 Å². The van der Waals surface area contributed by atoms with Gasteiger partial charge in [0.2, 0.25) is 23.6 Å². The fourth-order valence-corrected chi connectivity index (χ4v) is 11.2. The Hall–Kier alpha value is -6.64. The summed E-state index contributed by atoms with van der Waals surface area (Å²) >= 11 is 13.2. The normalized spacial score (nSPS) is 16.5. The van der Waals surface area contributed by atoms with E-state index < -0.39 is 12.2 Å². The van der Waals surface area contributed by atoms with Crippen LogP contribution < -0.4 is 21.5 Å². The lowest BCUT2D eigenvalue weighted by Crippen LogP contribution is -2.50. The monoisotopic (exact) mass is 1090 g/mol. The van der Waals surface area contributed by atoms with Crippen molar-refractivity contribution < 1.29 is 29.4 Å². The molecule has 3 aliphatic rings. The molecule has 0 bridgehead atoms. The number of aryl methyl sites for hydroxylation is 1. The smallest absolute Gasteiger partial charge is 0.281 e. The van der Waals surface area contributed by atoms with Crippen LogP contribution in [0.25, 0.3) is 44.5 Å². The van der Waals surface area contributed by atoms with E-state index in [0.717, 1.165) is 65.4 Å². The number of aliphatic hydroxyl groups is 2. The van der Waals surface area contributed by atoms with Crippen LogP contribution in [-0.2, 0) is 58.8 Å². The van der Waals surface area contributed by atoms with E-state index in [1.54, 1.807) is 27.4 Å². The zero-order chi connectivity index (χ0) is 54.2. The number of H-pyrrole nitrogens is 1. The SMILES string of the molecule is C[C@H](CC(=O)N1CCC(O)(Cn2cnc3c(-c4ccc(CNCC(=O)NCCCCCCC(=O)NCCn5ccc(-c6cc(Cl)c(Cl)c7[nH]c8c(c67)CN(C(=O)CO)CC8)n5)cc4)n(C)nc3c2=O)CC1)C1C=CC=CC1. The minimum absolute atomic E-state index is 0.0327. The molecular weight excluding hydrogens is 1020 g/mol. The topological polar surface area (TPSA) is 238 Å². The average molecular weight is 1090 g/mol. The number of aromatic nitrogens is 7. The van der Waals surface area contributed by atoms with Gasteiger partial charge in [0.1, 0.15) is 12.1 Å². The number of nitrogens with one attached hydrogen (secondary N) is 4. The molecule has 77 heavy (non-hydrogen) atoms. The minimum atomic E-state index is -1.15. The Morgan fingerprint density at radius 3 is 2.47 bits per heavy atom. The third-order valence-corrected chi connectivity index (χ3v) is 16.1. The fourth-order valence-electron chi connectivity index (χ4n) is 10.8. The molecule has 408 valence electrons. The maximum Gasteiger partial charge on any atom is 0.281 e. The van der Waals surface area contributed by atoms with E-state index in [9.17, 15) is 34.2 Å². The zero-order valence-corrected chi connectivity index (χ0v) is 45.2. The number of rotatable bonds is 22. The molecule has 0 saturated carbocycles. The predicted octanol–water partition coefficient (Wildman–Crippen LogP) is 5.81. The number of amides is 4. The highest BCUT2D eigenvalue weighted by Crippen LogP contribution is 2.42. The van der Waals surface area contributed by atoms with Crippen LogP contribution in [0.3, 0.4) is 0 Å². The molecule has 9 rings (SSSR count). The van der Waals surface area contributed by atoms with Crippen molar-refractivity contribution in [1.29, 1.82) is 0 Å². The summed E-state index contributed by atoms with van der Waals surface area (Å²) < 4.78 is 4.84. The molecule has 6 heterocycles. The van der Waals surface area contributed by atoms with Gasteiger partial charge in [0, 0.05) is 106 Å². The van der Waals surface area contributed by atoms with E-state index in [1.807, 2.05) is 53.6 Å². The van der Waals surface area contributed by atoms with Crippen molar-refractivity contribution >= 4 is 68.8 Å². The lowest BCUT2D eigenvalue weighted by molar-refractivity contribution is -0.137. The number of carbonyl (C=O) groups is 4. The second kappa shape index (κ2) is 24.8. The maximum absolute atomic E-state index is 13.7. The molecule has 2 aliphatic heterocycles. The molecular formula is C56H68Cl2N12O7. The van der Waals surface area contributed by atoms with Crippen LogP contribution in [0.2, 0.25) is 10.0 Å². The first kappa shape index (κ1) is 55.1. The third-order valence-electron chi connectivity index (χ3n) is 15.3. The Labute approximate surface area is 456 Å². The van der Waals surface area contributed by atoms with Gasteiger partial charge in [-0.2, -0.15) is 10.2 Å². The van der Waals surface area contributed by atoms with Crippen molar-refractivity contribution in [2.24, 2.45) is 18.9 Å². The molecule has 1 fully saturated rings. The summed E-state index contributed by atoms with van der Waals surface area (Å²) in [6.45, 7) is 5.37. The van der Waals surface area contributed by atoms with Gasteiger partial charge < -0.3 is 40.9 Å². The quantitative estimate of drug-likeness (QED) is 0.0444. The second-order valence-electron chi connectivity index (χ2n) is 20.8. The molecule has 0 spiro atoms. The van der Waals surface area contributed by atoms with Crippen LogP contribution in [-0.4, -0.2) is 129 Å². The summed E-state index contributed by atoms with van der Waals surface area (Å²) in [5.41, 5.74) is 5.74. The minimum Gasteiger partial charge on any atom is -0.388 e. The Morgan fingerprint density at radius 2 is 1.70 bits per heavy atom. The Bertz CT molecular complexity index is 3240. The van der Waals surface area contributed by atoms with Crippen LogP contribution >= 0.6 is 23.2 Å². The molecule has 1 aliphatic carbocycles. The van der Waals surface area contributed by atoms with Crippen molar-refractivity contribution in [3.8, 4) is 22.5 Å². The molecule has 6 aromatic rings. The summed E-state index contributed by atoms with van der Waals surface area (Å²) in [5, 5.41) is 41.1. The predicted molar refractivity (Wildman–Crippen MR) is 296 cm³/mol. The number of carbonyl (C=O) groups excluding carboxylic acids is 4. The molecule has 2 atom stereocenters. The zero-order valence-electron chi connectivity index (χ0n) is 43.7. The summed E-state index contributed by atoms with van der Waals surface area (Å²) in [4.78, 5) is 75.9. The lowest BCUT2D eigenvalue weighted by Gasteiger charge is -2.39. The number of nitrogens with zero attached hydrogens (tertiary/aromatic N) is 8. The Kier molecular flexibility index (Phi) is 17.7. The number of halogens is 2. The number of piperidine rings is 1. The standard InChI is InChI=1S/C56H68Cl2N12O7/c1-36(38-10-6-5-7-11-38)28-47(74)67-25-19-56(77,20-26-67)34-69-35-62-52-53(55(69)76)65-66(2)54(52)39-15-13-37(14-16-39)30-59-31-46(73)60-21-9-4-3-8-12-45(72)61-22-27-70-24-18-44(64-70)40-29-42(57)50(58)51-49(40)41-32-68(48(75)33-71)23-17-43(41)63-51/h5-7,10,13-16,18,24,29,35-36,38,59,63,71,77H,3-4,8-9,11-12,17,19-23,25-28,30-34H2,1-2H3,(H,60,73)(H,61,72)/t36-,38?/m1/s1. The number of allylic oxidation sites excluding steroid dienone is 4. The van der Waals surface area contributed by atoms with Crippen LogP contribution in [0.5, 0.6) is 0 Å². The highest BCUT2D eigenvalue weighted by atomic mass is 35.5. The number of likely N-dealkylation sites (tertiary alicyclic amines) is 1. The second-order valence-corrected chi connectivity index (χ2v) is 21.5. The first-order valence-corrected chi connectivity index (χ1v) is 27.5. The maximum atomic E-state index is 13.7. The fraction of sp³-hybridized carbons (Fsp3) is 0.464. The molecule has 0 radical (unpaired) electrons. The van der Waals surface area contributed by atoms with Crippen LogP contribution in [0.1, 0.15) is 81.5 Å². The summed E-state index contributed by atoms with van der Waals surface area (Å²) in [6, 6.07) is 11.5. The van der Waals surface area contributed by atoms with E-state index in [-0.39, 0.29) is 53.7 Å². The van der Waals surface area contributed by atoms with Crippen LogP contribution in [0.4, 0.5) is 0 Å². The van der Waals surface area contributed by atoms with Gasteiger partial charge in [-0.05, 0) is 61.6 Å². The largest absolute Gasteiger partial charge is 0.388 e. The van der Waals surface area contributed by atoms with Crippen LogP contribution in [0, 0.1) is 11.8 Å². The average Bonchev–Trinajstić information content (AvgIpc) is 4.16. The highest BCUT2D eigenvalue weighted by molar-refractivity contribution is 6.45. The van der Waals surface area contributed by atoms with Crippen molar-refractivity contribution in [3.63, 3.8) is 0 Å². The molecule has 1 saturated heterocycles.